The van der Waals surface area contributed by atoms with E-state index in [9.17, 15) is 0 Å². The third-order valence-corrected chi connectivity index (χ3v) is 6.55. The minimum Gasteiger partial charge on any atom is -0.248 e. The number of aromatic nitrogens is 2. The Labute approximate surface area is 189 Å². The number of aromatic amines is 1. The van der Waals surface area contributed by atoms with Crippen LogP contribution >= 0.6 is 0 Å². The van der Waals surface area contributed by atoms with E-state index < -0.39 is 0 Å². The molecule has 0 aliphatic heterocycles. The quantitative estimate of drug-likeness (QED) is 0.143. The first-order valence-electron chi connectivity index (χ1n) is 13.8. The number of unbranched alkanes of at least 4 members (excludes halogenated alkanes) is 16. The van der Waals surface area contributed by atoms with Crippen molar-refractivity contribution < 1.29 is 4.57 Å². The summed E-state index contributed by atoms with van der Waals surface area (Å²) in [6.45, 7) is 8.16. The Balaban J connectivity index is 1.88. The smallest absolute Gasteiger partial charge is 0.248 e. The third-order valence-electron chi connectivity index (χ3n) is 6.55. The fourth-order valence-corrected chi connectivity index (χ4v) is 4.50. The minimum absolute atomic E-state index is 0.852. The molecule has 0 saturated carbocycles. The maximum atomic E-state index is 3.47. The number of nitrogens with zero attached hydrogens (tertiary/aromatic N) is 1. The summed E-state index contributed by atoms with van der Waals surface area (Å²) in [6, 6.07) is 0. The molecular formula is C28H55N2+. The van der Waals surface area contributed by atoms with E-state index in [1.165, 1.54) is 141 Å². The van der Waals surface area contributed by atoms with Gasteiger partial charge in [0.25, 0.3) is 5.82 Å². The van der Waals surface area contributed by atoms with Gasteiger partial charge in [0.2, 0.25) is 0 Å². The van der Waals surface area contributed by atoms with Crippen LogP contribution in [-0.2, 0) is 13.0 Å². The van der Waals surface area contributed by atoms with Crippen molar-refractivity contribution in [2.75, 3.05) is 0 Å². The molecule has 1 aromatic heterocycles. The molecule has 176 valence electrons. The number of nitrogens with one attached hydrogen (secondary N) is 1. The van der Waals surface area contributed by atoms with Gasteiger partial charge in [0.05, 0.1) is 6.54 Å². The Morgan fingerprint density at radius 1 is 0.667 bits per heavy atom. The molecule has 0 saturated heterocycles. The van der Waals surface area contributed by atoms with Gasteiger partial charge < -0.3 is 0 Å². The molecule has 0 amide bonds. The highest BCUT2D eigenvalue weighted by atomic mass is 15.1. The number of H-pyrrole nitrogens is 1. The van der Waals surface area contributed by atoms with Crippen LogP contribution in [-0.4, -0.2) is 4.98 Å². The van der Waals surface area contributed by atoms with Crippen molar-refractivity contribution in [2.45, 2.75) is 156 Å². The lowest BCUT2D eigenvalue weighted by Crippen LogP contribution is -2.36. The monoisotopic (exact) mass is 419 g/mol. The van der Waals surface area contributed by atoms with E-state index in [1.54, 1.807) is 0 Å². The topological polar surface area (TPSA) is 19.7 Å². The second kappa shape index (κ2) is 20.1. The zero-order valence-corrected chi connectivity index (χ0v) is 21.0. The van der Waals surface area contributed by atoms with Crippen LogP contribution in [0.25, 0.3) is 0 Å². The summed E-state index contributed by atoms with van der Waals surface area (Å²) in [6.07, 6.45) is 32.6. The summed E-state index contributed by atoms with van der Waals surface area (Å²) in [5.74, 6) is 2.29. The van der Waals surface area contributed by atoms with E-state index in [2.05, 4.69) is 42.7 Å². The van der Waals surface area contributed by atoms with Gasteiger partial charge in [-0.15, -0.1) is 0 Å². The van der Waals surface area contributed by atoms with Crippen molar-refractivity contribution in [1.82, 2.24) is 4.98 Å². The molecule has 2 heteroatoms. The zero-order valence-electron chi connectivity index (χ0n) is 21.0. The molecule has 0 aliphatic carbocycles. The summed E-state index contributed by atoms with van der Waals surface area (Å²) in [5.41, 5.74) is 0. The summed E-state index contributed by atoms with van der Waals surface area (Å²) >= 11 is 0. The molecule has 0 unspecified atom stereocenters. The maximum absolute atomic E-state index is 3.47. The molecule has 0 aromatic carbocycles. The average Bonchev–Trinajstić information content (AvgIpc) is 3.17. The Morgan fingerprint density at radius 2 is 1.17 bits per heavy atom. The van der Waals surface area contributed by atoms with Gasteiger partial charge in [-0.05, 0) is 25.2 Å². The van der Waals surface area contributed by atoms with Gasteiger partial charge in [0.15, 0.2) is 0 Å². The van der Waals surface area contributed by atoms with Crippen LogP contribution in [0.4, 0.5) is 0 Å². The van der Waals surface area contributed by atoms with Crippen molar-refractivity contribution >= 4 is 0 Å². The van der Waals surface area contributed by atoms with Gasteiger partial charge in [-0.3, -0.25) is 0 Å². The van der Waals surface area contributed by atoms with Crippen LogP contribution < -0.4 is 4.57 Å². The second-order valence-electron chi connectivity index (χ2n) is 10.0. The summed E-state index contributed by atoms with van der Waals surface area (Å²) in [5, 5.41) is 0. The largest absolute Gasteiger partial charge is 0.254 e. The molecule has 1 N–H and O–H groups in total. The summed E-state index contributed by atoms with van der Waals surface area (Å²) in [4.78, 5) is 3.47. The van der Waals surface area contributed by atoms with E-state index >= 15 is 0 Å². The van der Waals surface area contributed by atoms with Crippen molar-refractivity contribution in [3.63, 3.8) is 0 Å². The van der Waals surface area contributed by atoms with Gasteiger partial charge in [-0.2, -0.15) is 0 Å². The Bertz CT molecular complexity index is 463. The number of rotatable bonds is 22. The van der Waals surface area contributed by atoms with Gasteiger partial charge >= 0.3 is 0 Å². The molecule has 30 heavy (non-hydrogen) atoms. The van der Waals surface area contributed by atoms with Gasteiger partial charge in [0.1, 0.15) is 12.4 Å². The van der Waals surface area contributed by atoms with Crippen LogP contribution in [0.2, 0.25) is 0 Å². The fourth-order valence-electron chi connectivity index (χ4n) is 4.50. The van der Waals surface area contributed by atoms with E-state index in [0.29, 0.717) is 0 Å². The molecule has 2 nitrogen and oxygen atoms in total. The predicted molar refractivity (Wildman–Crippen MR) is 133 cm³/mol. The van der Waals surface area contributed by atoms with Crippen LogP contribution in [0.3, 0.4) is 0 Å². The van der Waals surface area contributed by atoms with Gasteiger partial charge in [0, 0.05) is 6.42 Å². The first-order valence-corrected chi connectivity index (χ1v) is 13.8. The first kappa shape index (κ1) is 27.2. The van der Waals surface area contributed by atoms with Crippen LogP contribution in [0.1, 0.15) is 149 Å². The standard InChI is InChI=1S/C28H54N2/c1-4-5-6-7-8-9-10-11-12-13-14-15-16-17-21-25-30-26-24-29-28(30)23-20-18-19-22-27(2)3/h24,26-27H,4-23,25H2,1-3H3/p+1. The average molecular weight is 420 g/mol. The normalized spacial score (nSPS) is 11.6. The van der Waals surface area contributed by atoms with Crippen molar-refractivity contribution in [3.8, 4) is 0 Å². The van der Waals surface area contributed by atoms with Gasteiger partial charge in [-0.25, -0.2) is 9.55 Å². The molecule has 0 spiro atoms. The lowest BCUT2D eigenvalue weighted by atomic mass is 10.0. The molecule has 1 rings (SSSR count). The molecule has 0 fully saturated rings. The summed E-state index contributed by atoms with van der Waals surface area (Å²) in [7, 11) is 0. The molecule has 0 bridgehead atoms. The van der Waals surface area contributed by atoms with Crippen LogP contribution in [0, 0.1) is 5.92 Å². The van der Waals surface area contributed by atoms with Crippen molar-refractivity contribution in [1.29, 1.82) is 0 Å². The highest BCUT2D eigenvalue weighted by Crippen LogP contribution is 2.13. The lowest BCUT2D eigenvalue weighted by Gasteiger charge is -2.05. The third kappa shape index (κ3) is 16.0. The number of imidazole rings is 1. The molecule has 0 aliphatic rings. The van der Waals surface area contributed by atoms with E-state index in [0.717, 1.165) is 5.92 Å². The second-order valence-corrected chi connectivity index (χ2v) is 10.0. The predicted octanol–water partition coefficient (Wildman–Crippen LogP) is 8.93. The molecule has 1 aromatic rings. The Kier molecular flexibility index (Phi) is 18.3. The van der Waals surface area contributed by atoms with Crippen LogP contribution in [0.5, 0.6) is 0 Å². The zero-order chi connectivity index (χ0) is 21.7. The fraction of sp³-hybridized carbons (Fsp3) is 0.893. The number of hydrogen-bond donors (Lipinski definition) is 1. The molecule has 0 atom stereocenters. The minimum atomic E-state index is 0.852. The Hall–Kier alpha value is -0.790. The Morgan fingerprint density at radius 3 is 1.70 bits per heavy atom. The molecular weight excluding hydrogens is 364 g/mol. The lowest BCUT2D eigenvalue weighted by molar-refractivity contribution is -0.703. The number of hydrogen-bond acceptors (Lipinski definition) is 0. The molecule has 1 heterocycles. The molecule has 0 radical (unpaired) electrons. The van der Waals surface area contributed by atoms with Crippen molar-refractivity contribution in [2.24, 2.45) is 5.92 Å². The maximum Gasteiger partial charge on any atom is 0.254 e. The highest BCUT2D eigenvalue weighted by Gasteiger charge is 2.09. The SMILES string of the molecule is CCCCCCCCCCCCCCCCC[n+]1cc[nH]c1CCCCCC(C)C. The van der Waals surface area contributed by atoms with E-state index in [4.69, 9.17) is 0 Å². The first-order chi connectivity index (χ1) is 14.7. The van der Waals surface area contributed by atoms with Crippen LogP contribution in [0.15, 0.2) is 12.4 Å². The summed E-state index contributed by atoms with van der Waals surface area (Å²) < 4.78 is 2.46. The van der Waals surface area contributed by atoms with E-state index in [-0.39, 0.29) is 0 Å². The van der Waals surface area contributed by atoms with Crippen molar-refractivity contribution in [3.05, 3.63) is 18.2 Å². The highest BCUT2D eigenvalue weighted by molar-refractivity contribution is 4.77. The number of aryl methyl sites for hydroxylation is 2. The van der Waals surface area contributed by atoms with Gasteiger partial charge in [-0.1, -0.05) is 124 Å². The van der Waals surface area contributed by atoms with E-state index in [1.807, 2.05) is 0 Å².